The van der Waals surface area contributed by atoms with Crippen molar-refractivity contribution in [2.24, 2.45) is 0 Å². The topological polar surface area (TPSA) is 81.8 Å². The van der Waals surface area contributed by atoms with Crippen LogP contribution in [0.3, 0.4) is 0 Å². The molecule has 0 aromatic carbocycles. The molecule has 0 saturated carbocycles. The maximum absolute atomic E-state index is 11.9. The number of aromatic nitrogens is 1. The van der Waals surface area contributed by atoms with E-state index in [-0.39, 0.29) is 12.1 Å². The van der Waals surface area contributed by atoms with Crippen molar-refractivity contribution in [2.75, 3.05) is 0 Å². The van der Waals surface area contributed by atoms with Gasteiger partial charge in [-0.2, -0.15) is 5.26 Å². The fourth-order valence-corrected chi connectivity index (χ4v) is 1.88. The Balaban J connectivity index is 2.09. The van der Waals surface area contributed by atoms with Crippen LogP contribution in [0.1, 0.15) is 22.7 Å². The number of aromatic amines is 1. The minimum atomic E-state index is -0.415. The summed E-state index contributed by atoms with van der Waals surface area (Å²) in [7, 11) is 0. The summed E-state index contributed by atoms with van der Waals surface area (Å²) < 4.78 is 5.12. The molecular formula is C15H15N3O2. The van der Waals surface area contributed by atoms with Crippen LogP contribution in [0.15, 0.2) is 34.5 Å². The number of furan rings is 1. The van der Waals surface area contributed by atoms with Gasteiger partial charge < -0.3 is 14.7 Å². The summed E-state index contributed by atoms with van der Waals surface area (Å²) in [5.41, 5.74) is 2.82. The van der Waals surface area contributed by atoms with Crippen LogP contribution in [0.25, 0.3) is 6.08 Å². The number of aryl methyl sites for hydroxylation is 2. The van der Waals surface area contributed by atoms with Gasteiger partial charge in [0, 0.05) is 11.4 Å². The first kappa shape index (κ1) is 13.7. The highest BCUT2D eigenvalue weighted by molar-refractivity contribution is 6.01. The molecule has 2 aromatic heterocycles. The zero-order chi connectivity index (χ0) is 14.5. The first-order valence-electron chi connectivity index (χ1n) is 6.18. The molecule has 0 saturated heterocycles. The van der Waals surface area contributed by atoms with Crippen LogP contribution in [0, 0.1) is 25.2 Å². The molecule has 0 aliphatic heterocycles. The number of H-pyrrole nitrogens is 1. The number of carbonyl (C=O) groups is 1. The largest absolute Gasteiger partial charge is 0.467 e. The summed E-state index contributed by atoms with van der Waals surface area (Å²) in [6.45, 7) is 4.08. The van der Waals surface area contributed by atoms with E-state index in [9.17, 15) is 4.79 Å². The monoisotopic (exact) mass is 269 g/mol. The standard InChI is InChI=1S/C15H15N3O2/c1-10-6-12(11(2)18-10)7-13(8-16)15(19)17-9-14-4-3-5-20-14/h3-7,18H,9H2,1-2H3,(H,17,19)/b13-7-. The van der Waals surface area contributed by atoms with Crippen molar-refractivity contribution >= 4 is 12.0 Å². The number of nitrogens with zero attached hydrogens (tertiary/aromatic N) is 1. The minimum Gasteiger partial charge on any atom is -0.467 e. The van der Waals surface area contributed by atoms with Gasteiger partial charge in [-0.3, -0.25) is 4.79 Å². The molecule has 0 spiro atoms. The Bertz CT molecular complexity index is 673. The van der Waals surface area contributed by atoms with Gasteiger partial charge in [-0.15, -0.1) is 0 Å². The first-order valence-corrected chi connectivity index (χ1v) is 6.18. The molecule has 0 atom stereocenters. The zero-order valence-corrected chi connectivity index (χ0v) is 11.4. The molecular weight excluding hydrogens is 254 g/mol. The third kappa shape index (κ3) is 3.18. The number of nitrogens with one attached hydrogen (secondary N) is 2. The average Bonchev–Trinajstić information content (AvgIpc) is 3.03. The van der Waals surface area contributed by atoms with Gasteiger partial charge in [0.2, 0.25) is 0 Å². The molecule has 0 aliphatic rings. The quantitative estimate of drug-likeness (QED) is 0.660. The molecule has 2 N–H and O–H groups in total. The fourth-order valence-electron chi connectivity index (χ4n) is 1.88. The maximum atomic E-state index is 11.9. The molecule has 102 valence electrons. The highest BCUT2D eigenvalue weighted by Gasteiger charge is 2.10. The van der Waals surface area contributed by atoms with Gasteiger partial charge in [0.25, 0.3) is 5.91 Å². The number of hydrogen-bond donors (Lipinski definition) is 2. The van der Waals surface area contributed by atoms with Crippen molar-refractivity contribution in [2.45, 2.75) is 20.4 Å². The normalized spacial score (nSPS) is 11.2. The molecule has 2 heterocycles. The third-order valence-corrected chi connectivity index (χ3v) is 2.86. The van der Waals surface area contributed by atoms with Crippen molar-refractivity contribution in [3.05, 3.63) is 52.7 Å². The van der Waals surface area contributed by atoms with Crippen LogP contribution < -0.4 is 5.32 Å². The van der Waals surface area contributed by atoms with E-state index < -0.39 is 5.91 Å². The van der Waals surface area contributed by atoms with E-state index >= 15 is 0 Å². The van der Waals surface area contributed by atoms with E-state index in [1.807, 2.05) is 26.0 Å². The van der Waals surface area contributed by atoms with Gasteiger partial charge in [0.1, 0.15) is 17.4 Å². The molecule has 0 bridgehead atoms. The molecule has 0 radical (unpaired) electrons. The van der Waals surface area contributed by atoms with E-state index in [0.717, 1.165) is 17.0 Å². The van der Waals surface area contributed by atoms with E-state index in [2.05, 4.69) is 10.3 Å². The van der Waals surface area contributed by atoms with E-state index in [1.165, 1.54) is 6.26 Å². The average molecular weight is 269 g/mol. The molecule has 0 aliphatic carbocycles. The van der Waals surface area contributed by atoms with Crippen molar-refractivity contribution in [1.29, 1.82) is 5.26 Å². The molecule has 5 heteroatoms. The number of amides is 1. The lowest BCUT2D eigenvalue weighted by Gasteiger charge is -2.01. The second kappa shape index (κ2) is 5.93. The highest BCUT2D eigenvalue weighted by Crippen LogP contribution is 2.13. The molecule has 2 aromatic rings. The molecule has 5 nitrogen and oxygen atoms in total. The zero-order valence-electron chi connectivity index (χ0n) is 11.4. The van der Waals surface area contributed by atoms with E-state index in [4.69, 9.17) is 9.68 Å². The number of hydrogen-bond acceptors (Lipinski definition) is 3. The second-order valence-corrected chi connectivity index (χ2v) is 4.46. The van der Waals surface area contributed by atoms with Crippen molar-refractivity contribution in [3.8, 4) is 6.07 Å². The Hall–Kier alpha value is -2.74. The second-order valence-electron chi connectivity index (χ2n) is 4.46. The van der Waals surface area contributed by atoms with Crippen LogP contribution in [0.5, 0.6) is 0 Å². The Morgan fingerprint density at radius 3 is 2.90 bits per heavy atom. The summed E-state index contributed by atoms with van der Waals surface area (Å²) in [4.78, 5) is 15.1. The number of carbonyl (C=O) groups excluding carboxylic acids is 1. The number of rotatable bonds is 4. The Kier molecular flexibility index (Phi) is 4.06. The lowest BCUT2D eigenvalue weighted by atomic mass is 10.1. The lowest BCUT2D eigenvalue weighted by Crippen LogP contribution is -2.23. The van der Waals surface area contributed by atoms with Gasteiger partial charge in [-0.1, -0.05) is 0 Å². The van der Waals surface area contributed by atoms with E-state index in [0.29, 0.717) is 5.76 Å². The summed E-state index contributed by atoms with van der Waals surface area (Å²) >= 11 is 0. The lowest BCUT2D eigenvalue weighted by molar-refractivity contribution is -0.117. The van der Waals surface area contributed by atoms with E-state index in [1.54, 1.807) is 18.2 Å². The Morgan fingerprint density at radius 2 is 2.35 bits per heavy atom. The van der Waals surface area contributed by atoms with Crippen LogP contribution in [-0.4, -0.2) is 10.9 Å². The highest BCUT2D eigenvalue weighted by atomic mass is 16.3. The minimum absolute atomic E-state index is 0.0682. The predicted octanol–water partition coefficient (Wildman–Crippen LogP) is 2.45. The molecule has 0 unspecified atom stereocenters. The molecule has 0 fully saturated rings. The Morgan fingerprint density at radius 1 is 1.55 bits per heavy atom. The van der Waals surface area contributed by atoms with Crippen LogP contribution >= 0.6 is 0 Å². The first-order chi connectivity index (χ1) is 9.60. The predicted molar refractivity (Wildman–Crippen MR) is 74.4 cm³/mol. The summed E-state index contributed by atoms with van der Waals surface area (Å²) in [5.74, 6) is 0.228. The van der Waals surface area contributed by atoms with Crippen LogP contribution in [0.2, 0.25) is 0 Å². The van der Waals surface area contributed by atoms with Crippen molar-refractivity contribution in [3.63, 3.8) is 0 Å². The van der Waals surface area contributed by atoms with Crippen molar-refractivity contribution in [1.82, 2.24) is 10.3 Å². The van der Waals surface area contributed by atoms with Gasteiger partial charge >= 0.3 is 0 Å². The SMILES string of the molecule is Cc1cc(/C=C(/C#N)C(=O)NCc2ccco2)c(C)[nH]1. The molecule has 1 amide bonds. The summed E-state index contributed by atoms with van der Waals surface area (Å²) in [6.07, 6.45) is 3.12. The van der Waals surface area contributed by atoms with Gasteiger partial charge in [-0.05, 0) is 43.7 Å². The van der Waals surface area contributed by atoms with Crippen molar-refractivity contribution < 1.29 is 9.21 Å². The van der Waals surface area contributed by atoms with Gasteiger partial charge in [-0.25, -0.2) is 0 Å². The fraction of sp³-hybridized carbons (Fsp3) is 0.200. The maximum Gasteiger partial charge on any atom is 0.262 e. The smallest absolute Gasteiger partial charge is 0.262 e. The van der Waals surface area contributed by atoms with Gasteiger partial charge in [0.15, 0.2) is 0 Å². The Labute approximate surface area is 116 Å². The van der Waals surface area contributed by atoms with Crippen LogP contribution in [0.4, 0.5) is 0 Å². The number of nitriles is 1. The third-order valence-electron chi connectivity index (χ3n) is 2.86. The molecule has 2 rings (SSSR count). The molecule has 20 heavy (non-hydrogen) atoms. The van der Waals surface area contributed by atoms with Gasteiger partial charge in [0.05, 0.1) is 12.8 Å². The summed E-state index contributed by atoms with van der Waals surface area (Å²) in [5, 5.41) is 11.7. The van der Waals surface area contributed by atoms with Crippen LogP contribution in [-0.2, 0) is 11.3 Å². The summed E-state index contributed by atoms with van der Waals surface area (Å²) in [6, 6.07) is 7.32.